The summed E-state index contributed by atoms with van der Waals surface area (Å²) in [5.74, 6) is 0.431. The van der Waals surface area contributed by atoms with Crippen LogP contribution in [0, 0.1) is 5.92 Å². The number of aryl methyl sites for hydroxylation is 1. The van der Waals surface area contributed by atoms with E-state index in [4.69, 9.17) is 0 Å². The highest BCUT2D eigenvalue weighted by molar-refractivity contribution is 7.16. The van der Waals surface area contributed by atoms with E-state index in [1.165, 1.54) is 22.2 Å². The number of carbonyl (C=O) groups excluding carboxylic acids is 1. The minimum absolute atomic E-state index is 0. The largest absolute Gasteiger partial charge is 0.353 e. The van der Waals surface area contributed by atoms with Crippen molar-refractivity contribution in [2.45, 2.75) is 32.4 Å². The van der Waals surface area contributed by atoms with Crippen molar-refractivity contribution in [2.24, 2.45) is 5.92 Å². The van der Waals surface area contributed by atoms with Crippen molar-refractivity contribution in [3.8, 4) is 0 Å². The Bertz CT molecular complexity index is 730. The summed E-state index contributed by atoms with van der Waals surface area (Å²) >= 11 is 1.45. The predicted molar refractivity (Wildman–Crippen MR) is 94.3 cm³/mol. The van der Waals surface area contributed by atoms with E-state index in [1.807, 2.05) is 5.38 Å². The molecule has 1 aliphatic heterocycles. The number of aromatic nitrogens is 2. The van der Waals surface area contributed by atoms with Crippen LogP contribution in [0.4, 0.5) is 0 Å². The highest BCUT2D eigenvalue weighted by Crippen LogP contribution is 2.13. The van der Waals surface area contributed by atoms with Gasteiger partial charge in [-0.15, -0.1) is 23.7 Å². The molecule has 3 rings (SSSR count). The monoisotopic (exact) mass is 356 g/mol. The van der Waals surface area contributed by atoms with Gasteiger partial charge in [0, 0.05) is 19.0 Å². The smallest absolute Gasteiger partial charge is 0.262 e. The fraction of sp³-hybridized carbons (Fsp3) is 0.533. The Morgan fingerprint density at radius 3 is 3.17 bits per heavy atom. The van der Waals surface area contributed by atoms with Gasteiger partial charge in [0.05, 0.1) is 11.7 Å². The third-order valence-electron chi connectivity index (χ3n) is 4.16. The van der Waals surface area contributed by atoms with Crippen LogP contribution < -0.4 is 16.2 Å². The first kappa shape index (κ1) is 17.9. The summed E-state index contributed by atoms with van der Waals surface area (Å²) in [6.45, 7) is 4.37. The van der Waals surface area contributed by atoms with Crippen LogP contribution in [0.5, 0.6) is 0 Å². The lowest BCUT2D eigenvalue weighted by molar-refractivity contribution is -0.122. The first-order chi connectivity index (χ1) is 10.6. The molecule has 2 atom stereocenters. The SMILES string of the molecule is CC1CNCCC1NC(=O)CCn1cnc2sccc2c1=O.Cl. The molecule has 2 aromatic heterocycles. The zero-order chi connectivity index (χ0) is 15.5. The molecule has 2 unspecified atom stereocenters. The minimum atomic E-state index is -0.0747. The molecule has 0 spiro atoms. The molecule has 1 amide bonds. The maximum Gasteiger partial charge on any atom is 0.262 e. The molecular weight excluding hydrogens is 336 g/mol. The number of amides is 1. The van der Waals surface area contributed by atoms with Gasteiger partial charge in [-0.3, -0.25) is 14.2 Å². The van der Waals surface area contributed by atoms with E-state index in [0.717, 1.165) is 24.3 Å². The fourth-order valence-electron chi connectivity index (χ4n) is 2.78. The average molecular weight is 357 g/mol. The second kappa shape index (κ2) is 7.90. The maximum absolute atomic E-state index is 12.2. The van der Waals surface area contributed by atoms with Crippen LogP contribution in [0.2, 0.25) is 0 Å². The Labute approximate surface area is 144 Å². The molecule has 126 valence electrons. The van der Waals surface area contributed by atoms with E-state index in [0.29, 0.717) is 24.3 Å². The number of carbonyl (C=O) groups is 1. The number of hydrogen-bond acceptors (Lipinski definition) is 5. The number of thiophene rings is 1. The number of piperidine rings is 1. The van der Waals surface area contributed by atoms with Crippen LogP contribution in [-0.4, -0.2) is 34.6 Å². The molecule has 6 nitrogen and oxygen atoms in total. The van der Waals surface area contributed by atoms with E-state index in [-0.39, 0.29) is 29.9 Å². The van der Waals surface area contributed by atoms with E-state index in [1.54, 1.807) is 6.07 Å². The lowest BCUT2D eigenvalue weighted by Gasteiger charge is -2.30. The van der Waals surface area contributed by atoms with Crippen molar-refractivity contribution in [2.75, 3.05) is 13.1 Å². The van der Waals surface area contributed by atoms with Gasteiger partial charge in [-0.1, -0.05) is 6.92 Å². The van der Waals surface area contributed by atoms with Crippen LogP contribution in [0.25, 0.3) is 10.2 Å². The summed E-state index contributed by atoms with van der Waals surface area (Å²) in [6.07, 6.45) is 2.78. The first-order valence-electron chi connectivity index (χ1n) is 7.58. The molecule has 1 aliphatic rings. The van der Waals surface area contributed by atoms with Gasteiger partial charge >= 0.3 is 0 Å². The molecular formula is C15H21ClN4O2S. The van der Waals surface area contributed by atoms with Gasteiger partial charge in [0.15, 0.2) is 0 Å². The van der Waals surface area contributed by atoms with Gasteiger partial charge in [0.1, 0.15) is 4.83 Å². The predicted octanol–water partition coefficient (Wildman–Crippen LogP) is 1.38. The highest BCUT2D eigenvalue weighted by Gasteiger charge is 2.22. The van der Waals surface area contributed by atoms with Crippen LogP contribution in [0.15, 0.2) is 22.6 Å². The van der Waals surface area contributed by atoms with E-state index in [9.17, 15) is 9.59 Å². The van der Waals surface area contributed by atoms with Gasteiger partial charge in [-0.05, 0) is 36.9 Å². The molecule has 1 saturated heterocycles. The Balaban J connectivity index is 0.00000192. The quantitative estimate of drug-likeness (QED) is 0.867. The second-order valence-electron chi connectivity index (χ2n) is 5.78. The number of nitrogens with one attached hydrogen (secondary N) is 2. The molecule has 0 bridgehead atoms. The topological polar surface area (TPSA) is 76.0 Å². The summed E-state index contributed by atoms with van der Waals surface area (Å²) in [6, 6.07) is 2.01. The first-order valence-corrected chi connectivity index (χ1v) is 8.46. The van der Waals surface area contributed by atoms with Gasteiger partial charge in [-0.2, -0.15) is 0 Å². The number of rotatable bonds is 4. The third-order valence-corrected chi connectivity index (χ3v) is 4.98. The average Bonchev–Trinajstić information content (AvgIpc) is 2.98. The molecule has 0 radical (unpaired) electrons. The van der Waals surface area contributed by atoms with E-state index in [2.05, 4.69) is 22.5 Å². The molecule has 2 aromatic rings. The standard InChI is InChI=1S/C15H20N4O2S.ClH/c1-10-8-16-5-2-12(10)18-13(20)3-6-19-9-17-14-11(15(19)21)4-7-22-14;/h4,7,9-10,12,16H,2-3,5-6,8H2,1H3,(H,18,20);1H. The van der Waals surface area contributed by atoms with E-state index < -0.39 is 0 Å². The lowest BCUT2D eigenvalue weighted by atomic mass is 9.95. The van der Waals surface area contributed by atoms with Gasteiger partial charge < -0.3 is 10.6 Å². The van der Waals surface area contributed by atoms with Crippen molar-refractivity contribution in [3.63, 3.8) is 0 Å². The fourth-order valence-corrected chi connectivity index (χ4v) is 3.51. The molecule has 8 heteroatoms. The van der Waals surface area contributed by atoms with Crippen LogP contribution in [0.1, 0.15) is 19.8 Å². The molecule has 23 heavy (non-hydrogen) atoms. The zero-order valence-electron chi connectivity index (χ0n) is 12.9. The third kappa shape index (κ3) is 4.10. The van der Waals surface area contributed by atoms with Crippen molar-refractivity contribution < 1.29 is 4.79 Å². The Kier molecular flexibility index (Phi) is 6.15. The second-order valence-corrected chi connectivity index (χ2v) is 6.67. The summed E-state index contributed by atoms with van der Waals surface area (Å²) in [4.78, 5) is 29.3. The molecule has 0 aromatic carbocycles. The Hall–Kier alpha value is -1.44. The van der Waals surface area contributed by atoms with Crippen molar-refractivity contribution in [1.82, 2.24) is 20.2 Å². The normalized spacial score (nSPS) is 20.9. The molecule has 0 saturated carbocycles. The number of hydrogen-bond donors (Lipinski definition) is 2. The van der Waals surface area contributed by atoms with Gasteiger partial charge in [0.25, 0.3) is 5.56 Å². The van der Waals surface area contributed by atoms with Gasteiger partial charge in [0.2, 0.25) is 5.91 Å². The number of nitrogens with zero attached hydrogens (tertiary/aromatic N) is 2. The summed E-state index contributed by atoms with van der Waals surface area (Å²) < 4.78 is 1.51. The summed E-state index contributed by atoms with van der Waals surface area (Å²) in [5, 5.41) is 8.87. The van der Waals surface area contributed by atoms with Crippen molar-refractivity contribution in [1.29, 1.82) is 0 Å². The maximum atomic E-state index is 12.2. The summed E-state index contributed by atoms with van der Waals surface area (Å²) in [7, 11) is 0. The Morgan fingerprint density at radius 1 is 1.57 bits per heavy atom. The molecule has 1 fully saturated rings. The minimum Gasteiger partial charge on any atom is -0.353 e. The van der Waals surface area contributed by atoms with Crippen LogP contribution in [-0.2, 0) is 11.3 Å². The van der Waals surface area contributed by atoms with Gasteiger partial charge in [-0.25, -0.2) is 4.98 Å². The molecule has 2 N–H and O–H groups in total. The van der Waals surface area contributed by atoms with Crippen LogP contribution in [0.3, 0.4) is 0 Å². The number of fused-ring (bicyclic) bond motifs is 1. The highest BCUT2D eigenvalue weighted by atomic mass is 35.5. The van der Waals surface area contributed by atoms with Crippen LogP contribution >= 0.6 is 23.7 Å². The Morgan fingerprint density at radius 2 is 2.39 bits per heavy atom. The molecule has 3 heterocycles. The summed E-state index contributed by atoms with van der Waals surface area (Å²) in [5.41, 5.74) is -0.0747. The number of halogens is 1. The van der Waals surface area contributed by atoms with Crippen molar-refractivity contribution >= 4 is 39.9 Å². The lowest BCUT2D eigenvalue weighted by Crippen LogP contribution is -2.48. The molecule has 0 aliphatic carbocycles. The van der Waals surface area contributed by atoms with Crippen molar-refractivity contribution in [3.05, 3.63) is 28.1 Å². The zero-order valence-corrected chi connectivity index (χ0v) is 14.6. The van der Waals surface area contributed by atoms with E-state index >= 15 is 0 Å².